The van der Waals surface area contributed by atoms with Gasteiger partial charge in [0.1, 0.15) is 5.41 Å². The van der Waals surface area contributed by atoms with Gasteiger partial charge in [0, 0.05) is 6.61 Å². The number of rotatable bonds is 1. The van der Waals surface area contributed by atoms with E-state index in [1.165, 1.54) is 4.90 Å². The second-order valence-corrected chi connectivity index (χ2v) is 6.30. The number of nitrogens with one attached hydrogen (secondary N) is 1. The Bertz CT molecular complexity index is 449. The molecule has 6 heteroatoms. The third-order valence-electron chi connectivity index (χ3n) is 4.96. The summed E-state index contributed by atoms with van der Waals surface area (Å²) in [6.07, 6.45) is 6.51. The van der Waals surface area contributed by atoms with E-state index in [1.807, 2.05) is 0 Å². The third-order valence-corrected chi connectivity index (χ3v) is 4.96. The van der Waals surface area contributed by atoms with E-state index in [9.17, 15) is 14.4 Å². The van der Waals surface area contributed by atoms with Crippen LogP contribution in [0.3, 0.4) is 0 Å². The lowest BCUT2D eigenvalue weighted by molar-refractivity contribution is -0.155. The van der Waals surface area contributed by atoms with E-state index in [0.717, 1.165) is 38.5 Å². The first-order chi connectivity index (χ1) is 10.1. The maximum absolute atomic E-state index is 13.0. The van der Waals surface area contributed by atoms with Gasteiger partial charge in [-0.25, -0.2) is 4.79 Å². The minimum absolute atomic E-state index is 0.237. The van der Waals surface area contributed by atoms with E-state index in [-0.39, 0.29) is 11.9 Å². The molecule has 3 rings (SSSR count). The molecule has 2 saturated heterocycles. The van der Waals surface area contributed by atoms with E-state index in [1.54, 1.807) is 0 Å². The summed E-state index contributed by atoms with van der Waals surface area (Å²) < 4.78 is 5.40. The van der Waals surface area contributed by atoms with Gasteiger partial charge in [-0.2, -0.15) is 0 Å². The van der Waals surface area contributed by atoms with Crippen LogP contribution in [0.25, 0.3) is 0 Å². The lowest BCUT2D eigenvalue weighted by atomic mass is 9.76. The largest absolute Gasteiger partial charge is 0.379 e. The molecule has 6 nitrogen and oxygen atoms in total. The number of hydrogen-bond acceptors (Lipinski definition) is 4. The summed E-state index contributed by atoms with van der Waals surface area (Å²) in [5.74, 6) is -0.693. The smallest absolute Gasteiger partial charge is 0.331 e. The molecule has 3 fully saturated rings. The van der Waals surface area contributed by atoms with Crippen LogP contribution in [0.5, 0.6) is 0 Å². The van der Waals surface area contributed by atoms with Gasteiger partial charge < -0.3 is 4.74 Å². The van der Waals surface area contributed by atoms with E-state index in [4.69, 9.17) is 4.74 Å². The van der Waals surface area contributed by atoms with E-state index < -0.39 is 17.4 Å². The van der Waals surface area contributed by atoms with Crippen LogP contribution in [0.4, 0.5) is 4.79 Å². The zero-order valence-corrected chi connectivity index (χ0v) is 12.2. The van der Waals surface area contributed by atoms with Crippen molar-refractivity contribution in [2.24, 2.45) is 5.41 Å². The highest BCUT2D eigenvalue weighted by atomic mass is 16.5. The number of imide groups is 2. The van der Waals surface area contributed by atoms with Crippen molar-refractivity contribution in [3.05, 3.63) is 0 Å². The molecule has 1 aliphatic carbocycles. The van der Waals surface area contributed by atoms with Crippen molar-refractivity contribution >= 4 is 17.8 Å². The minimum atomic E-state index is -1.03. The van der Waals surface area contributed by atoms with Crippen LogP contribution in [0.1, 0.15) is 51.4 Å². The second kappa shape index (κ2) is 5.75. The van der Waals surface area contributed by atoms with Gasteiger partial charge in [-0.1, -0.05) is 25.7 Å². The number of barbiturate groups is 1. The molecule has 0 aromatic carbocycles. The molecule has 1 saturated carbocycles. The summed E-state index contributed by atoms with van der Waals surface area (Å²) in [5.41, 5.74) is -1.03. The molecule has 21 heavy (non-hydrogen) atoms. The maximum atomic E-state index is 13.0. The van der Waals surface area contributed by atoms with Gasteiger partial charge in [0.25, 0.3) is 0 Å². The molecule has 1 N–H and O–H groups in total. The normalized spacial score (nSPS) is 30.2. The Morgan fingerprint density at radius 2 is 1.76 bits per heavy atom. The van der Waals surface area contributed by atoms with Crippen molar-refractivity contribution in [1.82, 2.24) is 10.2 Å². The van der Waals surface area contributed by atoms with Crippen LogP contribution in [0.2, 0.25) is 0 Å². The molecule has 0 aromatic heterocycles. The zero-order valence-electron chi connectivity index (χ0n) is 12.2. The Kier molecular flexibility index (Phi) is 3.97. The number of amides is 4. The molecule has 2 aliphatic heterocycles. The molecular formula is C15H22N2O4. The molecule has 0 radical (unpaired) electrons. The molecular weight excluding hydrogens is 272 g/mol. The zero-order chi connectivity index (χ0) is 14.9. The Morgan fingerprint density at radius 1 is 1.05 bits per heavy atom. The molecule has 4 amide bonds. The fraction of sp³-hybridized carbons (Fsp3) is 0.800. The van der Waals surface area contributed by atoms with Crippen LogP contribution in [-0.2, 0) is 14.3 Å². The number of carbonyl (C=O) groups excluding carboxylic acids is 3. The van der Waals surface area contributed by atoms with Gasteiger partial charge in [-0.15, -0.1) is 0 Å². The van der Waals surface area contributed by atoms with Gasteiger partial charge in [-0.3, -0.25) is 19.8 Å². The third kappa shape index (κ3) is 2.46. The monoisotopic (exact) mass is 294 g/mol. The fourth-order valence-electron chi connectivity index (χ4n) is 3.73. The lowest BCUT2D eigenvalue weighted by Gasteiger charge is -2.42. The van der Waals surface area contributed by atoms with Gasteiger partial charge in [0.15, 0.2) is 0 Å². The predicted molar refractivity (Wildman–Crippen MR) is 74.4 cm³/mol. The Labute approximate surface area is 124 Å². The summed E-state index contributed by atoms with van der Waals surface area (Å²) >= 11 is 0. The molecule has 1 unspecified atom stereocenters. The Morgan fingerprint density at radius 3 is 2.38 bits per heavy atom. The number of urea groups is 1. The van der Waals surface area contributed by atoms with Crippen LogP contribution < -0.4 is 5.32 Å². The first kappa shape index (κ1) is 14.5. The van der Waals surface area contributed by atoms with Crippen molar-refractivity contribution in [3.63, 3.8) is 0 Å². The van der Waals surface area contributed by atoms with Gasteiger partial charge in [0.2, 0.25) is 11.8 Å². The highest BCUT2D eigenvalue weighted by molar-refractivity contribution is 6.19. The molecule has 0 aromatic rings. The van der Waals surface area contributed by atoms with Crippen molar-refractivity contribution in [1.29, 1.82) is 0 Å². The summed E-state index contributed by atoms with van der Waals surface area (Å²) in [5, 5.41) is 2.42. The molecule has 116 valence electrons. The average Bonchev–Trinajstić information content (AvgIpc) is 2.74. The van der Waals surface area contributed by atoms with Crippen molar-refractivity contribution in [2.75, 3.05) is 13.2 Å². The highest BCUT2D eigenvalue weighted by Crippen LogP contribution is 2.40. The topological polar surface area (TPSA) is 75.7 Å². The minimum Gasteiger partial charge on any atom is -0.379 e. The molecule has 3 aliphatic rings. The number of ether oxygens (including phenoxy) is 1. The summed E-state index contributed by atoms with van der Waals surface area (Å²) in [6.45, 7) is 1.05. The molecule has 0 bridgehead atoms. The first-order valence-corrected chi connectivity index (χ1v) is 7.92. The first-order valence-electron chi connectivity index (χ1n) is 7.92. The highest BCUT2D eigenvalue weighted by Gasteiger charge is 2.54. The Hall–Kier alpha value is -1.43. The van der Waals surface area contributed by atoms with Crippen LogP contribution in [0, 0.1) is 5.41 Å². The van der Waals surface area contributed by atoms with Gasteiger partial charge >= 0.3 is 6.03 Å². The van der Waals surface area contributed by atoms with Crippen molar-refractivity contribution in [2.45, 2.75) is 57.4 Å². The molecule has 1 spiro atoms. The lowest BCUT2D eigenvalue weighted by Crippen LogP contribution is -2.66. The summed E-state index contributed by atoms with van der Waals surface area (Å²) in [7, 11) is 0. The maximum Gasteiger partial charge on any atom is 0.331 e. The predicted octanol–water partition coefficient (Wildman–Crippen LogP) is 1.58. The van der Waals surface area contributed by atoms with Crippen LogP contribution >= 0.6 is 0 Å². The van der Waals surface area contributed by atoms with E-state index in [0.29, 0.717) is 26.1 Å². The van der Waals surface area contributed by atoms with Crippen molar-refractivity contribution < 1.29 is 19.1 Å². The van der Waals surface area contributed by atoms with E-state index in [2.05, 4.69) is 5.32 Å². The Balaban J connectivity index is 1.88. The standard InChI is InChI=1S/C15H22N2O4/c18-12-15(7-3-1-2-4-8-15)13(19)17(14(20)16-12)11-6-5-9-21-10-11/h11H,1-10H2,(H,16,18,20). The average molecular weight is 294 g/mol. The van der Waals surface area contributed by atoms with Gasteiger partial charge in [-0.05, 0) is 25.7 Å². The van der Waals surface area contributed by atoms with Gasteiger partial charge in [0.05, 0.1) is 12.6 Å². The molecule has 2 heterocycles. The SMILES string of the molecule is O=C1NC(=O)C2(CCCCCC2)C(=O)N1C1CCCOC1. The number of hydrogen-bond donors (Lipinski definition) is 1. The van der Waals surface area contributed by atoms with Crippen LogP contribution in [0.15, 0.2) is 0 Å². The summed E-state index contributed by atoms with van der Waals surface area (Å²) in [4.78, 5) is 38.7. The number of nitrogens with zero attached hydrogens (tertiary/aromatic N) is 1. The fourth-order valence-corrected chi connectivity index (χ4v) is 3.73. The molecule has 1 atom stereocenters. The van der Waals surface area contributed by atoms with Crippen molar-refractivity contribution in [3.8, 4) is 0 Å². The number of carbonyl (C=O) groups is 3. The summed E-state index contributed by atoms with van der Waals surface area (Å²) in [6, 6.07) is -0.810. The van der Waals surface area contributed by atoms with Crippen LogP contribution in [-0.4, -0.2) is 42.0 Å². The second-order valence-electron chi connectivity index (χ2n) is 6.30. The quantitative estimate of drug-likeness (QED) is 0.745. The van der Waals surface area contributed by atoms with E-state index >= 15 is 0 Å².